The summed E-state index contributed by atoms with van der Waals surface area (Å²) in [6.45, 7) is 4.77. The van der Waals surface area contributed by atoms with Gasteiger partial charge in [-0.3, -0.25) is 13.9 Å². The van der Waals surface area contributed by atoms with Gasteiger partial charge in [0.25, 0.3) is 5.56 Å². The first-order valence-corrected chi connectivity index (χ1v) is 6.88. The van der Waals surface area contributed by atoms with Crippen molar-refractivity contribution < 1.29 is 5.21 Å². The molecule has 20 heavy (non-hydrogen) atoms. The molecule has 0 saturated heterocycles. The van der Waals surface area contributed by atoms with Crippen LogP contribution < -0.4 is 17.0 Å². The molecule has 0 aliphatic rings. The summed E-state index contributed by atoms with van der Waals surface area (Å²) in [4.78, 5) is 24.5. The summed E-state index contributed by atoms with van der Waals surface area (Å²) in [5.41, 5.74) is 5.01. The molecule has 0 fully saturated rings. The Hall–Kier alpha value is -2.05. The van der Waals surface area contributed by atoms with Crippen molar-refractivity contribution in [3.8, 4) is 0 Å². The summed E-state index contributed by atoms with van der Waals surface area (Å²) in [5, 5.41) is 11.5. The number of hydrogen-bond acceptors (Lipinski definition) is 5. The Morgan fingerprint density at radius 2 is 1.70 bits per heavy atom. The Kier molecular flexibility index (Phi) is 6.02. The molecule has 3 N–H and O–H groups in total. The van der Waals surface area contributed by atoms with Crippen molar-refractivity contribution in [3.63, 3.8) is 0 Å². The van der Waals surface area contributed by atoms with Gasteiger partial charge in [0.1, 0.15) is 11.4 Å². The molecule has 7 heteroatoms. The fraction of sp³-hybridized carbons (Fsp3) is 0.615. The third kappa shape index (κ3) is 3.28. The first-order chi connectivity index (χ1) is 9.58. The van der Waals surface area contributed by atoms with E-state index in [2.05, 4.69) is 5.16 Å². The molecule has 0 aliphatic carbocycles. The van der Waals surface area contributed by atoms with E-state index in [1.54, 1.807) is 0 Å². The minimum atomic E-state index is -0.508. The number of nitrogen functional groups attached to an aromatic ring is 1. The Morgan fingerprint density at radius 3 is 2.20 bits per heavy atom. The van der Waals surface area contributed by atoms with E-state index in [1.165, 1.54) is 4.57 Å². The van der Waals surface area contributed by atoms with Crippen molar-refractivity contribution in [2.75, 3.05) is 5.73 Å². The van der Waals surface area contributed by atoms with Gasteiger partial charge >= 0.3 is 5.69 Å². The largest absolute Gasteiger partial charge is 0.411 e. The van der Waals surface area contributed by atoms with Crippen LogP contribution in [0.3, 0.4) is 0 Å². The zero-order valence-corrected chi connectivity index (χ0v) is 12.0. The normalized spacial score (nSPS) is 11.3. The van der Waals surface area contributed by atoms with Crippen LogP contribution in [0.25, 0.3) is 0 Å². The van der Waals surface area contributed by atoms with Gasteiger partial charge in [-0.05, 0) is 12.8 Å². The van der Waals surface area contributed by atoms with Gasteiger partial charge in [-0.1, -0.05) is 31.8 Å². The molecular formula is C13H22N4O3. The number of nitrogens with zero attached hydrogens (tertiary/aromatic N) is 3. The number of hydrogen-bond donors (Lipinski definition) is 2. The van der Waals surface area contributed by atoms with Crippen LogP contribution in [0.1, 0.15) is 45.1 Å². The number of rotatable bonds is 7. The Morgan fingerprint density at radius 1 is 1.15 bits per heavy atom. The zero-order chi connectivity index (χ0) is 15.1. The van der Waals surface area contributed by atoms with E-state index in [1.807, 2.05) is 13.8 Å². The quantitative estimate of drug-likeness (QED) is 0.442. The number of oxime groups is 1. The van der Waals surface area contributed by atoms with Gasteiger partial charge in [0.2, 0.25) is 0 Å². The molecule has 0 saturated carbocycles. The average molecular weight is 282 g/mol. The van der Waals surface area contributed by atoms with E-state index in [0.29, 0.717) is 13.1 Å². The molecule has 7 nitrogen and oxygen atoms in total. The van der Waals surface area contributed by atoms with Crippen LogP contribution >= 0.6 is 0 Å². The predicted octanol–water partition coefficient (Wildman–Crippen LogP) is 1.00. The van der Waals surface area contributed by atoms with Crippen LogP contribution in [0.15, 0.2) is 14.7 Å². The van der Waals surface area contributed by atoms with Gasteiger partial charge in [-0.25, -0.2) is 4.79 Å². The lowest BCUT2D eigenvalue weighted by Gasteiger charge is -2.14. The van der Waals surface area contributed by atoms with E-state index in [-0.39, 0.29) is 11.4 Å². The molecule has 0 unspecified atom stereocenters. The lowest BCUT2D eigenvalue weighted by atomic mass is 10.2. The maximum atomic E-state index is 12.3. The maximum absolute atomic E-state index is 12.3. The van der Waals surface area contributed by atoms with Crippen molar-refractivity contribution in [1.82, 2.24) is 9.13 Å². The average Bonchev–Trinajstić information content (AvgIpc) is 2.43. The van der Waals surface area contributed by atoms with Gasteiger partial charge in [-0.15, -0.1) is 0 Å². The van der Waals surface area contributed by atoms with Crippen molar-refractivity contribution in [3.05, 3.63) is 26.4 Å². The fourth-order valence-corrected chi connectivity index (χ4v) is 1.96. The number of unbranched alkanes of at least 4 members (excludes halogenated alkanes) is 2. The summed E-state index contributed by atoms with van der Waals surface area (Å²) < 4.78 is 2.53. The van der Waals surface area contributed by atoms with Crippen LogP contribution in [0.2, 0.25) is 0 Å². The second kappa shape index (κ2) is 7.52. The van der Waals surface area contributed by atoms with Gasteiger partial charge < -0.3 is 10.9 Å². The molecule has 0 spiro atoms. The van der Waals surface area contributed by atoms with Gasteiger partial charge in [0, 0.05) is 13.1 Å². The monoisotopic (exact) mass is 282 g/mol. The second-order valence-corrected chi connectivity index (χ2v) is 4.64. The fourth-order valence-electron chi connectivity index (χ4n) is 1.96. The van der Waals surface area contributed by atoms with E-state index in [4.69, 9.17) is 10.9 Å². The van der Waals surface area contributed by atoms with Crippen LogP contribution in [-0.4, -0.2) is 20.6 Å². The van der Waals surface area contributed by atoms with E-state index < -0.39 is 11.2 Å². The molecule has 0 aromatic carbocycles. The Labute approximate surface area is 117 Å². The topological polar surface area (TPSA) is 103 Å². The summed E-state index contributed by atoms with van der Waals surface area (Å²) in [5.74, 6) is 0.0546. The van der Waals surface area contributed by atoms with Crippen LogP contribution in [0.5, 0.6) is 0 Å². The van der Waals surface area contributed by atoms with Crippen LogP contribution in [0.4, 0.5) is 5.82 Å². The minimum Gasteiger partial charge on any atom is -0.411 e. The molecule has 1 heterocycles. The SMILES string of the molecule is CCCCn1c(N)c(/C=N/O)c(=O)n(CCCC)c1=O. The highest BCUT2D eigenvalue weighted by Gasteiger charge is 2.15. The first kappa shape index (κ1) is 16.0. The van der Waals surface area contributed by atoms with E-state index in [0.717, 1.165) is 36.5 Å². The number of anilines is 1. The highest BCUT2D eigenvalue weighted by atomic mass is 16.4. The molecule has 0 radical (unpaired) electrons. The van der Waals surface area contributed by atoms with Crippen molar-refractivity contribution in [2.24, 2.45) is 5.16 Å². The van der Waals surface area contributed by atoms with Gasteiger partial charge in [-0.2, -0.15) is 0 Å². The zero-order valence-electron chi connectivity index (χ0n) is 12.0. The Bertz CT molecular complexity index is 587. The maximum Gasteiger partial charge on any atom is 0.332 e. The van der Waals surface area contributed by atoms with Crippen molar-refractivity contribution in [2.45, 2.75) is 52.6 Å². The summed E-state index contributed by atoms with van der Waals surface area (Å²) in [7, 11) is 0. The highest BCUT2D eigenvalue weighted by molar-refractivity contribution is 5.84. The molecule has 0 bridgehead atoms. The Balaban J connectivity index is 3.47. The van der Waals surface area contributed by atoms with Gasteiger partial charge in [0.15, 0.2) is 0 Å². The first-order valence-electron chi connectivity index (χ1n) is 6.88. The van der Waals surface area contributed by atoms with Crippen molar-refractivity contribution in [1.29, 1.82) is 0 Å². The lowest BCUT2D eigenvalue weighted by Crippen LogP contribution is -2.43. The molecular weight excluding hydrogens is 260 g/mol. The third-order valence-corrected chi connectivity index (χ3v) is 3.16. The van der Waals surface area contributed by atoms with Crippen LogP contribution in [-0.2, 0) is 13.1 Å². The molecule has 0 aliphatic heterocycles. The summed E-state index contributed by atoms with van der Waals surface area (Å²) >= 11 is 0. The highest BCUT2D eigenvalue weighted by Crippen LogP contribution is 2.05. The van der Waals surface area contributed by atoms with E-state index in [9.17, 15) is 9.59 Å². The van der Waals surface area contributed by atoms with Crippen LogP contribution in [0, 0.1) is 0 Å². The molecule has 1 aromatic heterocycles. The number of nitrogens with two attached hydrogens (primary N) is 1. The van der Waals surface area contributed by atoms with Crippen molar-refractivity contribution >= 4 is 12.0 Å². The molecule has 0 amide bonds. The lowest BCUT2D eigenvalue weighted by molar-refractivity contribution is 0.321. The summed E-state index contributed by atoms with van der Waals surface area (Å²) in [6.07, 6.45) is 4.27. The summed E-state index contributed by atoms with van der Waals surface area (Å²) in [6, 6.07) is 0. The molecule has 1 rings (SSSR count). The smallest absolute Gasteiger partial charge is 0.332 e. The number of aromatic nitrogens is 2. The van der Waals surface area contributed by atoms with Gasteiger partial charge in [0.05, 0.1) is 6.21 Å². The minimum absolute atomic E-state index is 0.0546. The van der Waals surface area contributed by atoms with E-state index >= 15 is 0 Å². The second-order valence-electron chi connectivity index (χ2n) is 4.64. The standard InChI is InChI=1S/C13H22N4O3/c1-3-5-7-16-11(14)10(9-15-20)12(18)17(13(16)19)8-6-4-2/h9,20H,3-8,14H2,1-2H3/b15-9+. The molecule has 1 aromatic rings. The molecule has 0 atom stereocenters. The molecule has 112 valence electrons. The predicted molar refractivity (Wildman–Crippen MR) is 78.6 cm³/mol. The third-order valence-electron chi connectivity index (χ3n) is 3.16.